The Hall–Kier alpha value is -2.97. The van der Waals surface area contributed by atoms with E-state index in [1.54, 1.807) is 14.2 Å². The van der Waals surface area contributed by atoms with Crippen LogP contribution in [0.1, 0.15) is 32.3 Å². The molecule has 0 radical (unpaired) electrons. The molecule has 0 bridgehead atoms. The van der Waals surface area contributed by atoms with Gasteiger partial charge in [0.05, 0.1) is 24.3 Å². The lowest BCUT2D eigenvalue weighted by molar-refractivity contribution is 0.0751. The number of nitrogens with zero attached hydrogens (tertiary/aromatic N) is 4. The number of aromatic nitrogens is 2. The summed E-state index contributed by atoms with van der Waals surface area (Å²) < 4.78 is 10.7. The molecule has 1 aliphatic heterocycles. The molecule has 2 aromatic heterocycles. The Morgan fingerprint density at radius 1 is 1.06 bits per heavy atom. The second-order valence-electron chi connectivity index (χ2n) is 7.73. The van der Waals surface area contributed by atoms with Crippen molar-refractivity contribution in [3.8, 4) is 5.75 Å². The second kappa shape index (κ2) is 10.1. The van der Waals surface area contributed by atoms with Gasteiger partial charge in [0.1, 0.15) is 17.4 Å². The van der Waals surface area contributed by atoms with Gasteiger partial charge in [-0.15, -0.1) is 11.3 Å². The van der Waals surface area contributed by atoms with Crippen LogP contribution in [0.3, 0.4) is 0 Å². The van der Waals surface area contributed by atoms with Crippen LogP contribution in [0.25, 0.3) is 0 Å². The summed E-state index contributed by atoms with van der Waals surface area (Å²) in [5.41, 5.74) is 3.13. The van der Waals surface area contributed by atoms with Crippen molar-refractivity contribution in [1.29, 1.82) is 0 Å². The van der Waals surface area contributed by atoms with Crippen molar-refractivity contribution in [3.05, 3.63) is 69.3 Å². The number of hydrogen-bond acceptors (Lipinski definition) is 7. The minimum absolute atomic E-state index is 0.108. The molecule has 4 rings (SSSR count). The van der Waals surface area contributed by atoms with Gasteiger partial charge in [0.15, 0.2) is 0 Å². The molecule has 1 aromatic carbocycles. The summed E-state index contributed by atoms with van der Waals surface area (Å²) in [5.74, 6) is 2.60. The first kappa shape index (κ1) is 22.2. The highest BCUT2D eigenvalue weighted by molar-refractivity contribution is 7.12. The van der Waals surface area contributed by atoms with Crippen molar-refractivity contribution in [2.24, 2.45) is 0 Å². The third-order valence-electron chi connectivity index (χ3n) is 5.60. The van der Waals surface area contributed by atoms with Crippen LogP contribution in [0.5, 0.6) is 5.75 Å². The van der Waals surface area contributed by atoms with E-state index in [4.69, 9.17) is 14.5 Å². The van der Waals surface area contributed by atoms with Gasteiger partial charge in [0.25, 0.3) is 5.91 Å². The molecule has 32 heavy (non-hydrogen) atoms. The number of piperazine rings is 1. The predicted octanol–water partition coefficient (Wildman–Crippen LogP) is 3.55. The Labute approximate surface area is 192 Å². The van der Waals surface area contributed by atoms with Crippen LogP contribution in [0, 0.1) is 6.92 Å². The van der Waals surface area contributed by atoms with E-state index in [2.05, 4.69) is 22.0 Å². The van der Waals surface area contributed by atoms with Gasteiger partial charge >= 0.3 is 0 Å². The van der Waals surface area contributed by atoms with Crippen LogP contribution in [0.2, 0.25) is 0 Å². The van der Waals surface area contributed by atoms with E-state index in [1.807, 2.05) is 41.5 Å². The van der Waals surface area contributed by atoms with Crippen molar-refractivity contribution in [2.45, 2.75) is 20.0 Å². The van der Waals surface area contributed by atoms with Crippen molar-refractivity contribution >= 4 is 23.1 Å². The summed E-state index contributed by atoms with van der Waals surface area (Å²) in [4.78, 5) is 27.2. The zero-order valence-electron chi connectivity index (χ0n) is 18.7. The average molecular weight is 453 g/mol. The number of amides is 1. The normalized spacial score (nSPS) is 14.0. The lowest BCUT2D eigenvalue weighted by Crippen LogP contribution is -2.49. The fourth-order valence-corrected chi connectivity index (χ4v) is 4.65. The second-order valence-corrected chi connectivity index (χ2v) is 8.68. The van der Waals surface area contributed by atoms with Crippen molar-refractivity contribution in [3.63, 3.8) is 0 Å². The number of ether oxygens (including phenoxy) is 2. The van der Waals surface area contributed by atoms with Crippen molar-refractivity contribution < 1.29 is 14.3 Å². The maximum Gasteiger partial charge on any atom is 0.264 e. The molecule has 0 aliphatic carbocycles. The van der Waals surface area contributed by atoms with Crippen LogP contribution < -0.4 is 9.64 Å². The van der Waals surface area contributed by atoms with E-state index in [9.17, 15) is 4.79 Å². The highest BCUT2D eigenvalue weighted by Gasteiger charge is 2.26. The van der Waals surface area contributed by atoms with E-state index < -0.39 is 0 Å². The number of aryl methyl sites for hydroxylation is 1. The first-order chi connectivity index (χ1) is 15.6. The fourth-order valence-electron chi connectivity index (χ4n) is 3.96. The van der Waals surface area contributed by atoms with E-state index in [0.29, 0.717) is 26.1 Å². The monoisotopic (exact) mass is 452 g/mol. The smallest absolute Gasteiger partial charge is 0.264 e. The Bertz CT molecular complexity index is 1050. The quantitative estimate of drug-likeness (QED) is 0.546. The number of benzene rings is 1. The molecule has 7 nitrogen and oxygen atoms in total. The summed E-state index contributed by atoms with van der Waals surface area (Å²) >= 11 is 1.49. The zero-order valence-corrected chi connectivity index (χ0v) is 19.5. The molecule has 0 saturated carbocycles. The standard InChI is InChI=1S/C24H28N4O3S/c1-17-25-21(16-30-2)20(15-18-6-8-19(31-3)9-7-18)23(26-17)27-10-12-28(13-11-27)24(29)22-5-4-14-32-22/h4-9,14H,10-13,15-16H2,1-3H3. The average Bonchev–Trinajstić information content (AvgIpc) is 3.36. The molecule has 3 heterocycles. The molecule has 8 heteroatoms. The number of rotatable bonds is 7. The number of thiophene rings is 1. The van der Waals surface area contributed by atoms with E-state index in [-0.39, 0.29) is 5.91 Å². The molecule has 0 unspecified atom stereocenters. The lowest BCUT2D eigenvalue weighted by Gasteiger charge is -2.36. The fraction of sp³-hybridized carbons (Fsp3) is 0.375. The van der Waals surface area contributed by atoms with Crippen LogP contribution in [-0.2, 0) is 17.8 Å². The number of carbonyl (C=O) groups excluding carboxylic acids is 1. The Morgan fingerprint density at radius 2 is 1.81 bits per heavy atom. The van der Waals surface area contributed by atoms with Gasteiger partial charge in [-0.1, -0.05) is 18.2 Å². The van der Waals surface area contributed by atoms with Gasteiger partial charge in [-0.2, -0.15) is 0 Å². The molecule has 0 N–H and O–H groups in total. The van der Waals surface area contributed by atoms with E-state index in [0.717, 1.165) is 52.2 Å². The molecule has 3 aromatic rings. The van der Waals surface area contributed by atoms with Gasteiger partial charge in [0, 0.05) is 45.3 Å². The van der Waals surface area contributed by atoms with Crippen LogP contribution in [-0.4, -0.2) is 61.2 Å². The van der Waals surface area contributed by atoms with Gasteiger partial charge in [-0.05, 0) is 36.1 Å². The molecule has 1 amide bonds. The Kier molecular flexibility index (Phi) is 7.02. The summed E-state index contributed by atoms with van der Waals surface area (Å²) in [5, 5.41) is 1.94. The van der Waals surface area contributed by atoms with Crippen LogP contribution in [0.4, 0.5) is 5.82 Å². The number of carbonyl (C=O) groups is 1. The third kappa shape index (κ3) is 4.92. The zero-order chi connectivity index (χ0) is 22.5. The first-order valence-electron chi connectivity index (χ1n) is 10.6. The molecule has 168 valence electrons. The third-order valence-corrected chi connectivity index (χ3v) is 6.46. The molecule has 1 saturated heterocycles. The highest BCUT2D eigenvalue weighted by atomic mass is 32.1. The Balaban J connectivity index is 1.58. The predicted molar refractivity (Wildman–Crippen MR) is 126 cm³/mol. The summed E-state index contributed by atoms with van der Waals surface area (Å²) in [6.07, 6.45) is 0.701. The maximum atomic E-state index is 12.7. The van der Waals surface area contributed by atoms with Gasteiger partial charge in [-0.25, -0.2) is 9.97 Å². The number of hydrogen-bond donors (Lipinski definition) is 0. The minimum atomic E-state index is 0.108. The summed E-state index contributed by atoms with van der Waals surface area (Å²) in [7, 11) is 3.35. The van der Waals surface area contributed by atoms with Gasteiger partial charge in [0.2, 0.25) is 0 Å². The molecule has 0 atom stereocenters. The van der Waals surface area contributed by atoms with Crippen LogP contribution in [0.15, 0.2) is 41.8 Å². The minimum Gasteiger partial charge on any atom is -0.497 e. The molecule has 1 aliphatic rings. The van der Waals surface area contributed by atoms with Crippen LogP contribution >= 0.6 is 11.3 Å². The molecule has 1 fully saturated rings. The van der Waals surface area contributed by atoms with Gasteiger partial charge in [-0.3, -0.25) is 4.79 Å². The maximum absolute atomic E-state index is 12.7. The lowest BCUT2D eigenvalue weighted by atomic mass is 10.0. The van der Waals surface area contributed by atoms with Crippen molar-refractivity contribution in [1.82, 2.24) is 14.9 Å². The highest BCUT2D eigenvalue weighted by Crippen LogP contribution is 2.27. The summed E-state index contributed by atoms with van der Waals surface area (Å²) in [6, 6.07) is 11.9. The molecule has 0 spiro atoms. The van der Waals surface area contributed by atoms with E-state index >= 15 is 0 Å². The summed E-state index contributed by atoms with van der Waals surface area (Å²) in [6.45, 7) is 5.14. The first-order valence-corrected chi connectivity index (χ1v) is 11.5. The largest absolute Gasteiger partial charge is 0.497 e. The molecular formula is C24H28N4O3S. The SMILES string of the molecule is COCc1nc(C)nc(N2CCN(C(=O)c3cccs3)CC2)c1Cc1ccc(OC)cc1. The number of anilines is 1. The van der Waals surface area contributed by atoms with E-state index in [1.165, 1.54) is 11.3 Å². The molecular weight excluding hydrogens is 424 g/mol. The van der Waals surface area contributed by atoms with Gasteiger partial charge < -0.3 is 19.3 Å². The number of methoxy groups -OCH3 is 2. The van der Waals surface area contributed by atoms with Crippen molar-refractivity contribution in [2.75, 3.05) is 45.3 Å². The topological polar surface area (TPSA) is 67.8 Å². The Morgan fingerprint density at radius 3 is 2.44 bits per heavy atom.